The Hall–Kier alpha value is -2.30. The Morgan fingerprint density at radius 1 is 1.12 bits per heavy atom. The van der Waals surface area contributed by atoms with E-state index in [9.17, 15) is 0 Å². The molecule has 1 aliphatic rings. The lowest BCUT2D eigenvalue weighted by molar-refractivity contribution is 0.414. The first kappa shape index (κ1) is 17.5. The topological polar surface area (TPSA) is 59.1 Å². The second-order valence-corrected chi connectivity index (χ2v) is 6.63. The van der Waals surface area contributed by atoms with Gasteiger partial charge in [0.25, 0.3) is 0 Å². The Bertz CT molecular complexity index is 654. The van der Waals surface area contributed by atoms with Crippen molar-refractivity contribution in [3.63, 3.8) is 0 Å². The first-order valence-electron chi connectivity index (χ1n) is 9.30. The van der Waals surface area contributed by atoms with Crippen LogP contribution in [0.25, 0.3) is 0 Å². The van der Waals surface area contributed by atoms with Crippen LogP contribution >= 0.6 is 0 Å². The van der Waals surface area contributed by atoms with Crippen LogP contribution in [0.2, 0.25) is 0 Å². The van der Waals surface area contributed by atoms with Gasteiger partial charge in [-0.15, -0.1) is 0 Å². The number of ether oxygens (including phenoxy) is 1. The van der Waals surface area contributed by atoms with E-state index in [1.54, 1.807) is 7.11 Å². The normalized spacial score (nSPS) is 15.4. The van der Waals surface area contributed by atoms with Crippen LogP contribution < -0.4 is 15.4 Å². The number of nitrogens with one attached hydrogen (secondary N) is 2. The third-order valence-electron chi connectivity index (χ3n) is 4.70. The molecule has 1 aliphatic carbocycles. The number of benzene rings is 1. The summed E-state index contributed by atoms with van der Waals surface area (Å²) in [7, 11) is 1.70. The molecule has 0 aliphatic heterocycles. The summed E-state index contributed by atoms with van der Waals surface area (Å²) in [6, 6.07) is 10.6. The van der Waals surface area contributed by atoms with E-state index < -0.39 is 0 Å². The van der Waals surface area contributed by atoms with E-state index in [0.29, 0.717) is 6.04 Å². The lowest BCUT2D eigenvalue weighted by Gasteiger charge is -2.16. The van der Waals surface area contributed by atoms with Crippen LogP contribution in [0.15, 0.2) is 36.5 Å². The minimum Gasteiger partial charge on any atom is -0.497 e. The van der Waals surface area contributed by atoms with Crippen LogP contribution in [-0.2, 0) is 6.42 Å². The molecule has 1 aromatic carbocycles. The quantitative estimate of drug-likeness (QED) is 0.737. The molecule has 0 amide bonds. The number of hydrogen-bond acceptors (Lipinski definition) is 5. The van der Waals surface area contributed by atoms with Crippen molar-refractivity contribution in [2.45, 2.75) is 51.0 Å². The van der Waals surface area contributed by atoms with E-state index in [0.717, 1.165) is 30.5 Å². The SMILES string of the molecule is COc1cccc(CCNc2ccnc(NC3CCCCCC3)n2)c1. The summed E-state index contributed by atoms with van der Waals surface area (Å²) in [5.41, 5.74) is 1.25. The predicted octanol–water partition coefficient (Wildman–Crippen LogP) is 4.27. The third-order valence-corrected chi connectivity index (χ3v) is 4.70. The largest absolute Gasteiger partial charge is 0.497 e. The van der Waals surface area contributed by atoms with Gasteiger partial charge in [-0.3, -0.25) is 0 Å². The molecule has 3 rings (SSSR count). The van der Waals surface area contributed by atoms with Crippen molar-refractivity contribution in [2.24, 2.45) is 0 Å². The summed E-state index contributed by atoms with van der Waals surface area (Å²) in [6.45, 7) is 0.826. The summed E-state index contributed by atoms with van der Waals surface area (Å²) in [5, 5.41) is 6.89. The molecule has 1 heterocycles. The number of hydrogen-bond donors (Lipinski definition) is 2. The molecule has 134 valence electrons. The Kier molecular flexibility index (Phi) is 6.48. The standard InChI is InChI=1S/C20H28N4O/c1-25-18-10-6-7-16(15-18)11-13-21-19-12-14-22-20(24-19)23-17-8-4-2-3-5-9-17/h6-7,10,12,14-15,17H,2-5,8-9,11,13H2,1H3,(H2,21,22,23,24). The van der Waals surface area contributed by atoms with E-state index >= 15 is 0 Å². The summed E-state index contributed by atoms with van der Waals surface area (Å²) < 4.78 is 5.27. The minimum atomic E-state index is 0.509. The molecule has 5 heteroatoms. The van der Waals surface area contributed by atoms with Crippen molar-refractivity contribution in [1.29, 1.82) is 0 Å². The number of rotatable bonds is 7. The van der Waals surface area contributed by atoms with Crippen molar-refractivity contribution < 1.29 is 4.74 Å². The Labute approximate surface area is 150 Å². The van der Waals surface area contributed by atoms with E-state index in [2.05, 4.69) is 32.7 Å². The zero-order valence-electron chi connectivity index (χ0n) is 15.0. The molecule has 0 spiro atoms. The summed E-state index contributed by atoms with van der Waals surface area (Å²) >= 11 is 0. The van der Waals surface area contributed by atoms with Gasteiger partial charge in [0.2, 0.25) is 5.95 Å². The lowest BCUT2D eigenvalue weighted by Crippen LogP contribution is -2.20. The summed E-state index contributed by atoms with van der Waals surface area (Å²) in [6.07, 6.45) is 10.5. The average Bonchev–Trinajstić information content (AvgIpc) is 2.91. The van der Waals surface area contributed by atoms with Crippen molar-refractivity contribution in [3.05, 3.63) is 42.1 Å². The molecule has 1 fully saturated rings. The number of aromatic nitrogens is 2. The van der Waals surface area contributed by atoms with Crippen LogP contribution in [0, 0.1) is 0 Å². The highest BCUT2D eigenvalue weighted by atomic mass is 16.5. The van der Waals surface area contributed by atoms with Gasteiger partial charge in [0.1, 0.15) is 11.6 Å². The summed E-state index contributed by atoms with van der Waals surface area (Å²) in [4.78, 5) is 8.98. The molecule has 1 aromatic heterocycles. The molecule has 0 unspecified atom stereocenters. The van der Waals surface area contributed by atoms with Crippen LogP contribution in [0.1, 0.15) is 44.1 Å². The van der Waals surface area contributed by atoms with Gasteiger partial charge < -0.3 is 15.4 Å². The van der Waals surface area contributed by atoms with Crippen LogP contribution in [-0.4, -0.2) is 29.7 Å². The van der Waals surface area contributed by atoms with Crippen molar-refractivity contribution in [3.8, 4) is 5.75 Å². The molecular formula is C20H28N4O. The highest BCUT2D eigenvalue weighted by Crippen LogP contribution is 2.20. The molecule has 25 heavy (non-hydrogen) atoms. The van der Waals surface area contributed by atoms with E-state index in [1.165, 1.54) is 44.1 Å². The van der Waals surface area contributed by atoms with Gasteiger partial charge >= 0.3 is 0 Å². The molecule has 5 nitrogen and oxygen atoms in total. The average molecular weight is 340 g/mol. The van der Waals surface area contributed by atoms with Gasteiger partial charge in [-0.05, 0) is 43.0 Å². The van der Waals surface area contributed by atoms with E-state index in [1.807, 2.05) is 24.4 Å². The second-order valence-electron chi connectivity index (χ2n) is 6.63. The van der Waals surface area contributed by atoms with Crippen LogP contribution in [0.5, 0.6) is 5.75 Å². The van der Waals surface area contributed by atoms with E-state index in [4.69, 9.17) is 4.74 Å². The highest BCUT2D eigenvalue weighted by Gasteiger charge is 2.13. The fourth-order valence-corrected chi connectivity index (χ4v) is 3.30. The number of nitrogens with zero attached hydrogens (tertiary/aromatic N) is 2. The highest BCUT2D eigenvalue weighted by molar-refractivity contribution is 5.40. The maximum absolute atomic E-state index is 5.27. The molecule has 0 atom stereocenters. The van der Waals surface area contributed by atoms with Gasteiger partial charge in [-0.1, -0.05) is 37.8 Å². The van der Waals surface area contributed by atoms with Gasteiger partial charge in [-0.25, -0.2) is 4.98 Å². The van der Waals surface area contributed by atoms with Crippen LogP contribution in [0.3, 0.4) is 0 Å². The zero-order valence-corrected chi connectivity index (χ0v) is 15.0. The minimum absolute atomic E-state index is 0.509. The fourth-order valence-electron chi connectivity index (χ4n) is 3.30. The molecule has 1 saturated carbocycles. The van der Waals surface area contributed by atoms with Crippen molar-refractivity contribution in [1.82, 2.24) is 9.97 Å². The fraction of sp³-hybridized carbons (Fsp3) is 0.500. The maximum atomic E-state index is 5.27. The lowest BCUT2D eigenvalue weighted by atomic mass is 10.1. The Morgan fingerprint density at radius 3 is 2.76 bits per heavy atom. The number of anilines is 2. The van der Waals surface area contributed by atoms with Gasteiger partial charge in [-0.2, -0.15) is 4.98 Å². The second kappa shape index (κ2) is 9.25. The molecule has 2 aromatic rings. The predicted molar refractivity (Wildman–Crippen MR) is 102 cm³/mol. The van der Waals surface area contributed by atoms with Crippen molar-refractivity contribution >= 4 is 11.8 Å². The molecule has 0 bridgehead atoms. The molecule has 0 saturated heterocycles. The smallest absolute Gasteiger partial charge is 0.224 e. The van der Waals surface area contributed by atoms with Gasteiger partial charge in [0, 0.05) is 18.8 Å². The van der Waals surface area contributed by atoms with Crippen LogP contribution in [0.4, 0.5) is 11.8 Å². The zero-order chi connectivity index (χ0) is 17.3. The first-order chi connectivity index (χ1) is 12.3. The molecule has 2 N–H and O–H groups in total. The number of methoxy groups -OCH3 is 1. The van der Waals surface area contributed by atoms with Gasteiger partial charge in [0.05, 0.1) is 7.11 Å². The first-order valence-corrected chi connectivity index (χ1v) is 9.30. The monoisotopic (exact) mass is 340 g/mol. The summed E-state index contributed by atoms with van der Waals surface area (Å²) in [5.74, 6) is 2.50. The Morgan fingerprint density at radius 2 is 1.96 bits per heavy atom. The van der Waals surface area contributed by atoms with E-state index in [-0.39, 0.29) is 0 Å². The molecular weight excluding hydrogens is 312 g/mol. The molecule has 0 radical (unpaired) electrons. The van der Waals surface area contributed by atoms with Crippen molar-refractivity contribution in [2.75, 3.05) is 24.3 Å². The third kappa shape index (κ3) is 5.62. The Balaban J connectivity index is 1.50. The van der Waals surface area contributed by atoms with Gasteiger partial charge in [0.15, 0.2) is 0 Å². The maximum Gasteiger partial charge on any atom is 0.224 e.